The molecule has 0 spiro atoms. The highest BCUT2D eigenvalue weighted by atomic mass is 35.5. The van der Waals surface area contributed by atoms with Gasteiger partial charge in [-0.25, -0.2) is 4.98 Å². The van der Waals surface area contributed by atoms with Gasteiger partial charge < -0.3 is 4.74 Å². The minimum Gasteiger partial charge on any atom is -0.423 e. The number of rotatable bonds is 4. The second-order valence-corrected chi connectivity index (χ2v) is 3.23. The number of hydrogen-bond acceptors (Lipinski definition) is 3. The molecule has 0 N–H and O–H groups in total. The van der Waals surface area contributed by atoms with Gasteiger partial charge in [-0.1, -0.05) is 24.9 Å². The molecule has 0 saturated carbocycles. The van der Waals surface area contributed by atoms with Gasteiger partial charge in [0.1, 0.15) is 0 Å². The highest BCUT2D eigenvalue weighted by Crippen LogP contribution is 2.20. The van der Waals surface area contributed by atoms with Gasteiger partial charge >= 0.3 is 5.97 Å². The lowest BCUT2D eigenvalue weighted by Gasteiger charge is -2.03. The third kappa shape index (κ3) is 3.34. The van der Waals surface area contributed by atoms with Crippen LogP contribution in [0.1, 0.15) is 26.2 Å². The molecule has 0 radical (unpaired) electrons. The minimum atomic E-state index is -0.262. The smallest absolute Gasteiger partial charge is 0.311 e. The van der Waals surface area contributed by atoms with Crippen LogP contribution in [0.4, 0.5) is 0 Å². The first-order valence-electron chi connectivity index (χ1n) is 4.55. The Balaban J connectivity index is 2.52. The average Bonchev–Trinajstić information content (AvgIpc) is 2.18. The van der Waals surface area contributed by atoms with Gasteiger partial charge in [-0.2, -0.15) is 0 Å². The highest BCUT2D eigenvalue weighted by molar-refractivity contribution is 6.30. The number of nitrogens with zero attached hydrogens (tertiary/aromatic N) is 1. The molecule has 0 bridgehead atoms. The summed E-state index contributed by atoms with van der Waals surface area (Å²) in [5.41, 5.74) is 0. The summed E-state index contributed by atoms with van der Waals surface area (Å²) in [5.74, 6) is 0.0667. The molecule has 3 nitrogen and oxygen atoms in total. The lowest BCUT2D eigenvalue weighted by Crippen LogP contribution is -2.07. The number of unbranched alkanes of at least 4 members (excludes halogenated alkanes) is 1. The van der Waals surface area contributed by atoms with Crippen molar-refractivity contribution >= 4 is 17.6 Å². The number of ether oxygens (including phenoxy) is 1. The van der Waals surface area contributed by atoms with Gasteiger partial charge in [0.25, 0.3) is 0 Å². The molecule has 1 aromatic rings. The van der Waals surface area contributed by atoms with Crippen LogP contribution in [-0.2, 0) is 4.79 Å². The second-order valence-electron chi connectivity index (χ2n) is 2.87. The lowest BCUT2D eigenvalue weighted by molar-refractivity contribution is -0.134. The minimum absolute atomic E-state index is 0.220. The predicted molar refractivity (Wildman–Crippen MR) is 54.4 cm³/mol. The van der Waals surface area contributed by atoms with E-state index >= 15 is 0 Å². The van der Waals surface area contributed by atoms with Crippen LogP contribution >= 0.6 is 11.6 Å². The Bertz CT molecular complexity index is 315. The molecule has 0 unspecified atom stereocenters. The van der Waals surface area contributed by atoms with Crippen molar-refractivity contribution < 1.29 is 9.53 Å². The number of esters is 1. The zero-order valence-corrected chi connectivity index (χ0v) is 8.75. The van der Waals surface area contributed by atoms with Gasteiger partial charge in [0, 0.05) is 12.6 Å². The topological polar surface area (TPSA) is 39.2 Å². The Kier molecular flexibility index (Phi) is 4.40. The Labute approximate surface area is 88.1 Å². The molecule has 76 valence electrons. The highest BCUT2D eigenvalue weighted by Gasteiger charge is 2.07. The van der Waals surface area contributed by atoms with Crippen LogP contribution in [0.2, 0.25) is 5.15 Å². The zero-order chi connectivity index (χ0) is 10.4. The van der Waals surface area contributed by atoms with E-state index in [0.29, 0.717) is 12.2 Å². The van der Waals surface area contributed by atoms with E-state index in [4.69, 9.17) is 16.3 Å². The number of aromatic nitrogens is 1. The fraction of sp³-hybridized carbons (Fsp3) is 0.400. The Morgan fingerprint density at radius 1 is 1.64 bits per heavy atom. The molecule has 0 aromatic carbocycles. The molecule has 1 aromatic heterocycles. The molecular weight excluding hydrogens is 202 g/mol. The third-order valence-electron chi connectivity index (χ3n) is 1.68. The summed E-state index contributed by atoms with van der Waals surface area (Å²) in [4.78, 5) is 15.0. The molecule has 0 aliphatic heterocycles. The molecule has 0 amide bonds. The number of halogens is 1. The van der Waals surface area contributed by atoms with Crippen molar-refractivity contribution in [3.05, 3.63) is 23.5 Å². The van der Waals surface area contributed by atoms with Crippen LogP contribution in [0.15, 0.2) is 18.3 Å². The lowest BCUT2D eigenvalue weighted by atomic mass is 10.2. The van der Waals surface area contributed by atoms with E-state index in [1.807, 2.05) is 6.92 Å². The largest absolute Gasteiger partial charge is 0.423 e. The molecule has 1 heterocycles. The summed E-state index contributed by atoms with van der Waals surface area (Å²) < 4.78 is 5.01. The summed E-state index contributed by atoms with van der Waals surface area (Å²) >= 11 is 5.71. The van der Waals surface area contributed by atoms with E-state index in [1.165, 1.54) is 0 Å². The third-order valence-corrected chi connectivity index (χ3v) is 1.97. The first-order valence-corrected chi connectivity index (χ1v) is 4.93. The Morgan fingerprint density at radius 3 is 3.07 bits per heavy atom. The molecule has 0 saturated heterocycles. The average molecular weight is 214 g/mol. The van der Waals surface area contributed by atoms with Crippen molar-refractivity contribution in [2.45, 2.75) is 26.2 Å². The van der Waals surface area contributed by atoms with Gasteiger partial charge in [-0.05, 0) is 18.6 Å². The molecule has 0 atom stereocenters. The summed E-state index contributed by atoms with van der Waals surface area (Å²) in [6.45, 7) is 2.02. The molecule has 0 aliphatic carbocycles. The molecule has 0 aliphatic rings. The normalized spacial score (nSPS) is 9.86. The van der Waals surface area contributed by atoms with Gasteiger partial charge in [-0.15, -0.1) is 0 Å². The molecule has 4 heteroatoms. The van der Waals surface area contributed by atoms with E-state index in [0.717, 1.165) is 12.8 Å². The van der Waals surface area contributed by atoms with Crippen LogP contribution in [0, 0.1) is 0 Å². The van der Waals surface area contributed by atoms with Gasteiger partial charge in [-0.3, -0.25) is 4.79 Å². The second kappa shape index (κ2) is 5.60. The van der Waals surface area contributed by atoms with Crippen molar-refractivity contribution in [2.24, 2.45) is 0 Å². The SMILES string of the molecule is CCCCC(=O)Oc1cccnc1Cl. The molecule has 14 heavy (non-hydrogen) atoms. The quantitative estimate of drug-likeness (QED) is 0.570. The summed E-state index contributed by atoms with van der Waals surface area (Å²) in [6, 6.07) is 3.30. The van der Waals surface area contributed by atoms with E-state index in [2.05, 4.69) is 4.98 Å². The van der Waals surface area contributed by atoms with E-state index in [1.54, 1.807) is 18.3 Å². The summed E-state index contributed by atoms with van der Waals surface area (Å²) in [5, 5.41) is 0.220. The van der Waals surface area contributed by atoms with Crippen LogP contribution in [0.5, 0.6) is 5.75 Å². The standard InChI is InChI=1S/C10H12ClNO2/c1-2-3-6-9(13)14-8-5-4-7-12-10(8)11/h4-5,7H,2-3,6H2,1H3. The number of carbonyl (C=O) groups excluding carboxylic acids is 1. The maximum absolute atomic E-state index is 11.2. The fourth-order valence-corrected chi connectivity index (χ4v) is 1.10. The van der Waals surface area contributed by atoms with Crippen molar-refractivity contribution in [3.8, 4) is 5.75 Å². The van der Waals surface area contributed by atoms with E-state index in [9.17, 15) is 4.79 Å². The Hall–Kier alpha value is -1.09. The molecular formula is C10H12ClNO2. The first-order chi connectivity index (χ1) is 6.74. The van der Waals surface area contributed by atoms with Gasteiger partial charge in [0.15, 0.2) is 10.9 Å². The van der Waals surface area contributed by atoms with Gasteiger partial charge in [0.2, 0.25) is 0 Å². The maximum Gasteiger partial charge on any atom is 0.311 e. The van der Waals surface area contributed by atoms with Crippen LogP contribution in [-0.4, -0.2) is 11.0 Å². The number of carbonyl (C=O) groups is 1. The van der Waals surface area contributed by atoms with Crippen LogP contribution < -0.4 is 4.74 Å². The summed E-state index contributed by atoms with van der Waals surface area (Å²) in [7, 11) is 0. The van der Waals surface area contributed by atoms with Crippen LogP contribution in [0.3, 0.4) is 0 Å². The first kappa shape index (κ1) is 11.0. The maximum atomic E-state index is 11.2. The van der Waals surface area contributed by atoms with E-state index < -0.39 is 0 Å². The van der Waals surface area contributed by atoms with Gasteiger partial charge in [0.05, 0.1) is 0 Å². The van der Waals surface area contributed by atoms with Crippen molar-refractivity contribution in [1.29, 1.82) is 0 Å². The molecule has 0 fully saturated rings. The molecule has 1 rings (SSSR count). The number of pyridine rings is 1. The number of hydrogen-bond donors (Lipinski definition) is 0. The van der Waals surface area contributed by atoms with Crippen LogP contribution in [0.25, 0.3) is 0 Å². The zero-order valence-electron chi connectivity index (χ0n) is 8.00. The van der Waals surface area contributed by atoms with Crippen molar-refractivity contribution in [2.75, 3.05) is 0 Å². The fourth-order valence-electron chi connectivity index (χ4n) is 0.942. The monoisotopic (exact) mass is 213 g/mol. The van der Waals surface area contributed by atoms with E-state index in [-0.39, 0.29) is 11.1 Å². The predicted octanol–water partition coefficient (Wildman–Crippen LogP) is 2.83. The summed E-state index contributed by atoms with van der Waals surface area (Å²) in [6.07, 6.45) is 3.76. The van der Waals surface area contributed by atoms with Crippen molar-refractivity contribution in [3.63, 3.8) is 0 Å². The Morgan fingerprint density at radius 2 is 2.43 bits per heavy atom. The van der Waals surface area contributed by atoms with Crippen molar-refractivity contribution in [1.82, 2.24) is 4.98 Å².